The van der Waals surface area contributed by atoms with Gasteiger partial charge in [-0.2, -0.15) is 23.3 Å². The third-order valence-corrected chi connectivity index (χ3v) is 2.25. The number of benzene rings is 1. The Bertz CT molecular complexity index is 463. The summed E-state index contributed by atoms with van der Waals surface area (Å²) in [6, 6.07) is 11.1. The first-order valence-corrected chi connectivity index (χ1v) is 4.89. The van der Waals surface area contributed by atoms with Crippen molar-refractivity contribution in [1.82, 2.24) is 9.78 Å². The summed E-state index contributed by atoms with van der Waals surface area (Å²) in [5.41, 5.74) is 3.10. The van der Waals surface area contributed by atoms with E-state index in [4.69, 9.17) is 0 Å². The van der Waals surface area contributed by atoms with Crippen molar-refractivity contribution >= 4 is 5.69 Å². The van der Waals surface area contributed by atoms with Crippen LogP contribution < -0.4 is 4.90 Å². The maximum atomic E-state index is 4.38. The van der Waals surface area contributed by atoms with Gasteiger partial charge in [-0.25, -0.2) is 0 Å². The van der Waals surface area contributed by atoms with Crippen molar-refractivity contribution in [1.29, 1.82) is 0 Å². The molecule has 0 bridgehead atoms. The summed E-state index contributed by atoms with van der Waals surface area (Å²) >= 11 is 0. The summed E-state index contributed by atoms with van der Waals surface area (Å²) in [6.07, 6.45) is 1.95. The first kappa shape index (κ1) is 12.9. The monoisotopic (exact) mass is 393 g/mol. The van der Waals surface area contributed by atoms with Gasteiger partial charge in [0, 0.05) is 26.3 Å². The van der Waals surface area contributed by atoms with Crippen LogP contribution in [0.25, 0.3) is 5.69 Å². The number of rotatable bonds is 2. The molecule has 1 aromatic heterocycles. The Hall–Kier alpha value is -1.12. The van der Waals surface area contributed by atoms with Crippen LogP contribution in [0.3, 0.4) is 0 Å². The fourth-order valence-corrected chi connectivity index (χ4v) is 1.50. The topological polar surface area (TPSA) is 21.1 Å². The molecule has 3 nitrogen and oxygen atoms in total. The molecule has 0 fully saturated rings. The van der Waals surface area contributed by atoms with Crippen molar-refractivity contribution in [2.24, 2.45) is 0 Å². The van der Waals surface area contributed by atoms with E-state index in [9.17, 15) is 0 Å². The van der Waals surface area contributed by atoms with E-state index in [2.05, 4.69) is 22.1 Å². The number of nitrogens with zero attached hydrogens (tertiary/aromatic N) is 3. The smallest absolute Gasteiger partial charge is 0.0597 e. The van der Waals surface area contributed by atoms with Gasteiger partial charge in [0.1, 0.15) is 0 Å². The molecule has 2 rings (SSSR count). The molecule has 0 saturated carbocycles. The van der Waals surface area contributed by atoms with Crippen LogP contribution >= 0.6 is 0 Å². The van der Waals surface area contributed by atoms with Crippen molar-refractivity contribution in [2.45, 2.75) is 6.92 Å². The fourth-order valence-electron chi connectivity index (χ4n) is 1.50. The number of aromatic nitrogens is 2. The normalized spacial score (nSPS) is 9.69. The van der Waals surface area contributed by atoms with Crippen LogP contribution in [-0.4, -0.2) is 23.9 Å². The number of para-hydroxylation sites is 1. The predicted molar refractivity (Wildman–Crippen MR) is 61.5 cm³/mol. The van der Waals surface area contributed by atoms with Crippen LogP contribution in [0.5, 0.6) is 0 Å². The Balaban J connectivity index is 0.00000128. The van der Waals surface area contributed by atoms with Gasteiger partial charge in [-0.3, -0.25) is 4.68 Å². The molecule has 0 aliphatic rings. The van der Waals surface area contributed by atoms with Gasteiger partial charge in [-0.1, -0.05) is 0 Å². The number of aryl methyl sites for hydroxylation is 1. The van der Waals surface area contributed by atoms with Crippen LogP contribution in [0.1, 0.15) is 5.69 Å². The standard InChI is InChI=1S/C12H14N3.Ir/c1-10-8-9-15(13-10)12-7-5-4-6-11(12)14(2)3;/h4-6,8-9H,1-3H3;/q-1;. The zero-order valence-electron chi connectivity index (χ0n) is 9.56. The molecule has 0 saturated heterocycles. The predicted octanol–water partition coefficient (Wildman–Crippen LogP) is 2.04. The Morgan fingerprint density at radius 3 is 2.62 bits per heavy atom. The molecule has 87 valence electrons. The molecule has 0 atom stereocenters. The second-order valence-electron chi connectivity index (χ2n) is 3.70. The SMILES string of the molecule is Cc1ccn(-c2[c-]cccc2N(C)C)n1.[Ir]. The van der Waals surface area contributed by atoms with E-state index in [0.717, 1.165) is 17.1 Å². The van der Waals surface area contributed by atoms with Crippen molar-refractivity contribution in [3.63, 3.8) is 0 Å². The minimum atomic E-state index is 0. The molecule has 1 aromatic carbocycles. The number of anilines is 1. The molecule has 1 heterocycles. The molecule has 0 amide bonds. The van der Waals surface area contributed by atoms with Crippen LogP contribution in [0, 0.1) is 13.0 Å². The van der Waals surface area contributed by atoms with E-state index in [1.807, 2.05) is 50.1 Å². The summed E-state index contributed by atoms with van der Waals surface area (Å²) in [5, 5.41) is 4.38. The first-order valence-electron chi connectivity index (χ1n) is 4.89. The van der Waals surface area contributed by atoms with Crippen LogP contribution in [0.4, 0.5) is 5.69 Å². The molecule has 0 spiro atoms. The van der Waals surface area contributed by atoms with E-state index in [0.29, 0.717) is 0 Å². The second kappa shape index (κ2) is 5.28. The zero-order valence-corrected chi connectivity index (χ0v) is 12.0. The summed E-state index contributed by atoms with van der Waals surface area (Å²) in [4.78, 5) is 2.06. The molecule has 1 radical (unpaired) electrons. The van der Waals surface area contributed by atoms with E-state index >= 15 is 0 Å². The van der Waals surface area contributed by atoms with Gasteiger partial charge in [0.15, 0.2) is 0 Å². The van der Waals surface area contributed by atoms with Gasteiger partial charge in [-0.15, -0.1) is 6.07 Å². The molecule has 4 heteroatoms. The summed E-state index contributed by atoms with van der Waals surface area (Å²) in [6.45, 7) is 1.98. The molecule has 0 aliphatic heterocycles. The minimum absolute atomic E-state index is 0. The van der Waals surface area contributed by atoms with Gasteiger partial charge in [0.05, 0.1) is 5.69 Å². The second-order valence-corrected chi connectivity index (χ2v) is 3.70. The van der Waals surface area contributed by atoms with Gasteiger partial charge in [0.2, 0.25) is 0 Å². The quantitative estimate of drug-likeness (QED) is 0.730. The number of hydrogen-bond acceptors (Lipinski definition) is 2. The maximum Gasteiger partial charge on any atom is 0.0597 e. The molecule has 0 unspecified atom stereocenters. The largest absolute Gasteiger partial charge is 0.427 e. The molecule has 2 aromatic rings. The van der Waals surface area contributed by atoms with Crippen molar-refractivity contribution in [2.75, 3.05) is 19.0 Å². The van der Waals surface area contributed by atoms with E-state index < -0.39 is 0 Å². The summed E-state index contributed by atoms with van der Waals surface area (Å²) in [7, 11) is 4.03. The molecule has 0 N–H and O–H groups in total. The summed E-state index contributed by atoms with van der Waals surface area (Å²) < 4.78 is 1.85. The third-order valence-electron chi connectivity index (χ3n) is 2.25. The van der Waals surface area contributed by atoms with Crippen molar-refractivity contribution < 1.29 is 20.1 Å². The zero-order chi connectivity index (χ0) is 10.8. The van der Waals surface area contributed by atoms with E-state index in [-0.39, 0.29) is 20.1 Å². The van der Waals surface area contributed by atoms with Gasteiger partial charge < -0.3 is 4.90 Å². The van der Waals surface area contributed by atoms with Gasteiger partial charge >= 0.3 is 0 Å². The Labute approximate surface area is 109 Å². The molecule has 16 heavy (non-hydrogen) atoms. The third kappa shape index (κ3) is 2.52. The van der Waals surface area contributed by atoms with Crippen molar-refractivity contribution in [3.8, 4) is 5.69 Å². The average molecular weight is 392 g/mol. The molecular weight excluding hydrogens is 378 g/mol. The Morgan fingerprint density at radius 1 is 1.31 bits per heavy atom. The van der Waals surface area contributed by atoms with Gasteiger partial charge in [-0.05, 0) is 38.5 Å². The molecular formula is C12H14IrN3-. The summed E-state index contributed by atoms with van der Waals surface area (Å²) in [5.74, 6) is 0. The minimum Gasteiger partial charge on any atom is -0.427 e. The van der Waals surface area contributed by atoms with E-state index in [1.54, 1.807) is 0 Å². The van der Waals surface area contributed by atoms with Crippen LogP contribution in [0.2, 0.25) is 0 Å². The average Bonchev–Trinajstić information content (AvgIpc) is 2.65. The van der Waals surface area contributed by atoms with Crippen LogP contribution in [-0.2, 0) is 20.1 Å². The number of hydrogen-bond donors (Lipinski definition) is 0. The van der Waals surface area contributed by atoms with Crippen LogP contribution in [0.15, 0.2) is 30.5 Å². The fraction of sp³-hybridized carbons (Fsp3) is 0.250. The maximum absolute atomic E-state index is 4.38. The first-order chi connectivity index (χ1) is 7.18. The van der Waals surface area contributed by atoms with Gasteiger partial charge in [0.25, 0.3) is 0 Å². The van der Waals surface area contributed by atoms with Crippen molar-refractivity contribution in [3.05, 3.63) is 42.2 Å². The Morgan fingerprint density at radius 2 is 2.06 bits per heavy atom. The Kier molecular flexibility index (Phi) is 4.27. The molecule has 0 aliphatic carbocycles. The van der Waals surface area contributed by atoms with E-state index in [1.165, 1.54) is 0 Å².